The molecule has 2 rings (SSSR count). The topological polar surface area (TPSA) is 42.4 Å². The number of hydrogen-bond acceptors (Lipinski definition) is 3. The number of benzene rings is 1. The van der Waals surface area contributed by atoms with Crippen LogP contribution in [0.5, 0.6) is 5.88 Å². The van der Waals surface area contributed by atoms with Gasteiger partial charge in [0.05, 0.1) is 6.61 Å². The van der Waals surface area contributed by atoms with E-state index in [9.17, 15) is 13.2 Å². The molecule has 20 heavy (non-hydrogen) atoms. The van der Waals surface area contributed by atoms with Crippen molar-refractivity contribution in [3.8, 4) is 5.88 Å². The van der Waals surface area contributed by atoms with E-state index in [1.165, 1.54) is 42.6 Å². The molecule has 3 nitrogen and oxygen atoms in total. The largest absolute Gasteiger partial charge is 0.460 e. The molecule has 0 saturated heterocycles. The zero-order chi connectivity index (χ0) is 14.6. The van der Waals surface area contributed by atoms with Crippen molar-refractivity contribution in [2.75, 3.05) is 0 Å². The van der Waals surface area contributed by atoms with Gasteiger partial charge >= 0.3 is 6.18 Å². The molecule has 1 heterocycles. The fraction of sp³-hybridized carbons (Fsp3) is 0.214. The van der Waals surface area contributed by atoms with Crippen molar-refractivity contribution in [1.82, 2.24) is 4.98 Å². The second-order valence-electron chi connectivity index (χ2n) is 4.11. The lowest BCUT2D eigenvalue weighted by Crippen LogP contribution is -2.26. The van der Waals surface area contributed by atoms with E-state index in [0.29, 0.717) is 5.56 Å². The molecule has 1 N–H and O–H groups in total. The zero-order valence-electron chi connectivity index (χ0n) is 10.3. The number of pyridine rings is 1. The maximum atomic E-state index is 13.0. The van der Waals surface area contributed by atoms with Crippen LogP contribution in [0.2, 0.25) is 0 Å². The first-order chi connectivity index (χ1) is 9.50. The summed E-state index contributed by atoms with van der Waals surface area (Å²) >= 11 is 0. The minimum Gasteiger partial charge on any atom is -0.460 e. The number of aliphatic hydroxyl groups excluding tert-OH is 1. The third-order valence-corrected chi connectivity index (χ3v) is 2.62. The average Bonchev–Trinajstić information content (AvgIpc) is 2.45. The Morgan fingerprint density at radius 1 is 1.10 bits per heavy atom. The summed E-state index contributed by atoms with van der Waals surface area (Å²) in [5, 5.41) is 8.86. The normalized spacial score (nSPS) is 13.0. The Bertz CT molecular complexity index is 541. The molecule has 0 radical (unpaired) electrons. The van der Waals surface area contributed by atoms with Crippen molar-refractivity contribution in [3.05, 3.63) is 59.8 Å². The molecular formula is C14H12F3NO2. The first-order valence-corrected chi connectivity index (χ1v) is 5.85. The molecule has 0 fully saturated rings. The highest BCUT2D eigenvalue weighted by atomic mass is 19.4. The predicted molar refractivity (Wildman–Crippen MR) is 66.0 cm³/mol. The van der Waals surface area contributed by atoms with Crippen LogP contribution in [-0.4, -0.2) is 16.3 Å². The van der Waals surface area contributed by atoms with Gasteiger partial charge in [-0.25, -0.2) is 4.98 Å². The molecule has 106 valence electrons. The maximum Gasteiger partial charge on any atom is 0.429 e. The molecule has 0 unspecified atom stereocenters. The van der Waals surface area contributed by atoms with Crippen molar-refractivity contribution in [2.45, 2.75) is 18.9 Å². The Morgan fingerprint density at radius 2 is 1.80 bits per heavy atom. The summed E-state index contributed by atoms with van der Waals surface area (Å²) in [7, 11) is 0. The number of halogens is 3. The van der Waals surface area contributed by atoms with Crippen LogP contribution in [0, 0.1) is 0 Å². The van der Waals surface area contributed by atoms with Gasteiger partial charge in [0.25, 0.3) is 0 Å². The van der Waals surface area contributed by atoms with E-state index >= 15 is 0 Å². The molecule has 0 saturated carbocycles. The summed E-state index contributed by atoms with van der Waals surface area (Å²) in [6.45, 7) is -0.228. The molecular weight excluding hydrogens is 271 g/mol. The highest BCUT2D eigenvalue weighted by molar-refractivity contribution is 5.22. The van der Waals surface area contributed by atoms with Gasteiger partial charge in [0.2, 0.25) is 12.0 Å². The summed E-state index contributed by atoms with van der Waals surface area (Å²) in [6.07, 6.45) is -5.34. The second-order valence-corrected chi connectivity index (χ2v) is 4.11. The predicted octanol–water partition coefficient (Wildman–Crippen LogP) is 3.26. The van der Waals surface area contributed by atoms with Crippen molar-refractivity contribution in [2.24, 2.45) is 0 Å². The van der Waals surface area contributed by atoms with Gasteiger partial charge in [-0.05, 0) is 11.6 Å². The van der Waals surface area contributed by atoms with Gasteiger partial charge in [0.1, 0.15) is 0 Å². The van der Waals surface area contributed by atoms with Crippen LogP contribution in [0.4, 0.5) is 13.2 Å². The van der Waals surface area contributed by atoms with E-state index < -0.39 is 12.3 Å². The number of alkyl halides is 3. The summed E-state index contributed by atoms with van der Waals surface area (Å²) in [5.41, 5.74) is 0.508. The summed E-state index contributed by atoms with van der Waals surface area (Å²) < 4.78 is 44.1. The molecule has 2 aromatic rings. The Balaban J connectivity index is 2.24. The maximum absolute atomic E-state index is 13.0. The molecule has 0 amide bonds. The lowest BCUT2D eigenvalue weighted by molar-refractivity contribution is -0.198. The second kappa shape index (κ2) is 5.92. The van der Waals surface area contributed by atoms with Gasteiger partial charge in [-0.2, -0.15) is 13.2 Å². The number of hydrogen-bond donors (Lipinski definition) is 1. The Hall–Kier alpha value is -2.08. The van der Waals surface area contributed by atoms with Crippen molar-refractivity contribution in [1.29, 1.82) is 0 Å². The molecule has 0 aliphatic heterocycles. The Morgan fingerprint density at radius 3 is 2.30 bits per heavy atom. The Kier molecular flexibility index (Phi) is 4.24. The fourth-order valence-electron chi connectivity index (χ4n) is 1.65. The molecule has 0 bridgehead atoms. The number of rotatable bonds is 4. The smallest absolute Gasteiger partial charge is 0.429 e. The summed E-state index contributed by atoms with van der Waals surface area (Å²) in [6, 6.07) is 10.1. The fourth-order valence-corrected chi connectivity index (χ4v) is 1.65. The van der Waals surface area contributed by atoms with Gasteiger partial charge in [0, 0.05) is 17.8 Å². The van der Waals surface area contributed by atoms with Crippen LogP contribution in [0.3, 0.4) is 0 Å². The van der Waals surface area contributed by atoms with E-state index in [0.717, 1.165) is 0 Å². The molecule has 1 aromatic heterocycles. The number of aromatic nitrogens is 1. The van der Waals surface area contributed by atoms with Gasteiger partial charge in [0.15, 0.2) is 0 Å². The first-order valence-electron chi connectivity index (χ1n) is 5.85. The average molecular weight is 283 g/mol. The van der Waals surface area contributed by atoms with Gasteiger partial charge in [-0.15, -0.1) is 0 Å². The van der Waals surface area contributed by atoms with E-state index in [-0.39, 0.29) is 18.1 Å². The standard InChI is InChI=1S/C14H12F3NO2/c15-14(16,17)13(11-4-2-1-3-5-11)20-12-7-6-10(9-19)8-18-12/h1-8,13,19H,9H2/t13-/m0/s1. The number of ether oxygens (including phenoxy) is 1. The molecule has 0 spiro atoms. The van der Waals surface area contributed by atoms with Crippen LogP contribution in [0.25, 0.3) is 0 Å². The number of nitrogens with zero attached hydrogens (tertiary/aromatic N) is 1. The van der Waals surface area contributed by atoms with E-state index in [4.69, 9.17) is 9.84 Å². The molecule has 0 aliphatic carbocycles. The lowest BCUT2D eigenvalue weighted by Gasteiger charge is -2.21. The van der Waals surface area contributed by atoms with E-state index in [1.807, 2.05) is 0 Å². The van der Waals surface area contributed by atoms with E-state index in [2.05, 4.69) is 4.98 Å². The molecule has 1 atom stereocenters. The number of aliphatic hydroxyl groups is 1. The first kappa shape index (κ1) is 14.3. The zero-order valence-corrected chi connectivity index (χ0v) is 10.3. The molecule has 1 aromatic carbocycles. The SMILES string of the molecule is OCc1ccc(O[C@@H](c2ccccc2)C(F)(F)F)nc1. The summed E-state index contributed by atoms with van der Waals surface area (Å²) in [5.74, 6) is -0.145. The molecule has 0 aliphatic rings. The Labute approximate surface area is 113 Å². The van der Waals surface area contributed by atoms with Crippen LogP contribution in [0.15, 0.2) is 48.7 Å². The lowest BCUT2D eigenvalue weighted by atomic mass is 10.1. The quantitative estimate of drug-likeness (QED) is 0.936. The van der Waals surface area contributed by atoms with Crippen molar-refractivity contribution >= 4 is 0 Å². The monoisotopic (exact) mass is 283 g/mol. The highest BCUT2D eigenvalue weighted by Crippen LogP contribution is 2.36. The van der Waals surface area contributed by atoms with Crippen LogP contribution in [-0.2, 0) is 6.61 Å². The van der Waals surface area contributed by atoms with Crippen LogP contribution < -0.4 is 4.74 Å². The van der Waals surface area contributed by atoms with Crippen molar-refractivity contribution < 1.29 is 23.0 Å². The minimum absolute atomic E-state index is 0.00744. The summed E-state index contributed by atoms with van der Waals surface area (Å²) in [4.78, 5) is 3.75. The van der Waals surface area contributed by atoms with E-state index in [1.54, 1.807) is 6.07 Å². The van der Waals surface area contributed by atoms with Crippen LogP contribution >= 0.6 is 0 Å². The van der Waals surface area contributed by atoms with Gasteiger partial charge in [-0.3, -0.25) is 0 Å². The van der Waals surface area contributed by atoms with Gasteiger partial charge < -0.3 is 9.84 Å². The third-order valence-electron chi connectivity index (χ3n) is 2.62. The van der Waals surface area contributed by atoms with Crippen molar-refractivity contribution in [3.63, 3.8) is 0 Å². The third kappa shape index (κ3) is 3.48. The van der Waals surface area contributed by atoms with Crippen LogP contribution in [0.1, 0.15) is 17.2 Å². The highest BCUT2D eigenvalue weighted by Gasteiger charge is 2.43. The minimum atomic E-state index is -4.54. The molecule has 6 heteroatoms. The van der Waals surface area contributed by atoms with Gasteiger partial charge in [-0.1, -0.05) is 30.3 Å².